The molecule has 0 saturated carbocycles. The SMILES string of the molecule is CC1(c2ccc(Br)s2)NN=C(c2ccc(Cl)cc2)S1. The maximum atomic E-state index is 5.91. The van der Waals surface area contributed by atoms with Crippen molar-refractivity contribution in [1.29, 1.82) is 0 Å². The Kier molecular flexibility index (Phi) is 3.64. The molecular weight excluding hydrogens is 364 g/mol. The number of hydrogen-bond acceptors (Lipinski definition) is 4. The van der Waals surface area contributed by atoms with Gasteiger partial charge in [0.05, 0.1) is 3.79 Å². The first-order valence-electron chi connectivity index (χ1n) is 5.62. The highest BCUT2D eigenvalue weighted by molar-refractivity contribution is 9.11. The minimum absolute atomic E-state index is 0.203. The van der Waals surface area contributed by atoms with Crippen LogP contribution in [0, 0.1) is 0 Å². The standard InChI is InChI=1S/C13H10BrClN2S2/c1-13(10-6-7-11(14)18-10)17-16-12(19-13)8-2-4-9(15)5-3-8/h2-7,17H,1H3. The Bertz CT molecular complexity index is 638. The summed E-state index contributed by atoms with van der Waals surface area (Å²) >= 11 is 12.9. The molecule has 2 heterocycles. The molecule has 1 unspecified atom stereocenters. The Balaban J connectivity index is 1.84. The zero-order chi connectivity index (χ0) is 13.5. The third-order valence-electron chi connectivity index (χ3n) is 2.81. The minimum Gasteiger partial charge on any atom is -0.287 e. The molecule has 0 spiro atoms. The van der Waals surface area contributed by atoms with Crippen molar-refractivity contribution in [2.75, 3.05) is 0 Å². The number of halogens is 2. The Labute approximate surface area is 133 Å². The van der Waals surface area contributed by atoms with Gasteiger partial charge in [-0.2, -0.15) is 5.10 Å². The number of nitrogens with zero attached hydrogens (tertiary/aromatic N) is 1. The van der Waals surface area contributed by atoms with E-state index < -0.39 is 0 Å². The smallest absolute Gasteiger partial charge is 0.137 e. The first kappa shape index (κ1) is 13.5. The van der Waals surface area contributed by atoms with Crippen LogP contribution in [0.25, 0.3) is 0 Å². The van der Waals surface area contributed by atoms with Crippen molar-refractivity contribution in [3.05, 3.63) is 55.6 Å². The third-order valence-corrected chi connectivity index (χ3v) is 6.27. The molecule has 1 aliphatic heterocycles. The molecular formula is C13H10BrClN2S2. The second kappa shape index (κ2) is 5.13. The van der Waals surface area contributed by atoms with Crippen LogP contribution < -0.4 is 5.43 Å². The van der Waals surface area contributed by atoms with Gasteiger partial charge < -0.3 is 0 Å². The molecule has 0 amide bonds. The van der Waals surface area contributed by atoms with Gasteiger partial charge in [-0.15, -0.1) is 11.3 Å². The molecule has 0 saturated heterocycles. The summed E-state index contributed by atoms with van der Waals surface area (Å²) in [5.41, 5.74) is 4.32. The molecule has 3 rings (SSSR count). The fraction of sp³-hybridized carbons (Fsp3) is 0.154. The topological polar surface area (TPSA) is 24.4 Å². The van der Waals surface area contributed by atoms with Crippen LogP contribution >= 0.6 is 50.6 Å². The monoisotopic (exact) mass is 372 g/mol. The van der Waals surface area contributed by atoms with Crippen molar-refractivity contribution in [2.24, 2.45) is 5.10 Å². The highest BCUT2D eigenvalue weighted by atomic mass is 79.9. The highest BCUT2D eigenvalue weighted by Crippen LogP contribution is 2.43. The molecule has 6 heteroatoms. The number of nitrogens with one attached hydrogen (secondary N) is 1. The number of hydrazone groups is 1. The van der Waals surface area contributed by atoms with E-state index in [1.165, 1.54) is 4.88 Å². The molecule has 1 aromatic carbocycles. The quantitative estimate of drug-likeness (QED) is 0.798. The Morgan fingerprint density at radius 1 is 1.21 bits per heavy atom. The van der Waals surface area contributed by atoms with Crippen LogP contribution in [0.1, 0.15) is 17.4 Å². The van der Waals surface area contributed by atoms with Gasteiger partial charge in [-0.1, -0.05) is 35.5 Å². The lowest BCUT2D eigenvalue weighted by Gasteiger charge is -2.20. The third kappa shape index (κ3) is 2.70. The van der Waals surface area contributed by atoms with Crippen LogP contribution in [0.3, 0.4) is 0 Å². The summed E-state index contributed by atoms with van der Waals surface area (Å²) in [6.45, 7) is 2.14. The summed E-state index contributed by atoms with van der Waals surface area (Å²) in [5, 5.41) is 6.18. The zero-order valence-electron chi connectivity index (χ0n) is 9.98. The lowest BCUT2D eigenvalue weighted by molar-refractivity contribution is 0.573. The molecule has 0 aliphatic carbocycles. The van der Waals surface area contributed by atoms with Crippen LogP contribution in [0.5, 0.6) is 0 Å². The van der Waals surface area contributed by atoms with Crippen LogP contribution in [-0.2, 0) is 4.87 Å². The van der Waals surface area contributed by atoms with E-state index in [0.29, 0.717) is 0 Å². The predicted molar refractivity (Wildman–Crippen MR) is 88.1 cm³/mol. The van der Waals surface area contributed by atoms with Crippen molar-refractivity contribution in [1.82, 2.24) is 5.43 Å². The molecule has 98 valence electrons. The van der Waals surface area contributed by atoms with Gasteiger partial charge in [0.2, 0.25) is 0 Å². The average Bonchev–Trinajstić information content (AvgIpc) is 2.98. The average molecular weight is 374 g/mol. The predicted octanol–water partition coefficient (Wildman–Crippen LogP) is 5.03. The summed E-state index contributed by atoms with van der Waals surface area (Å²) in [6, 6.07) is 11.9. The second-order valence-electron chi connectivity index (χ2n) is 4.27. The summed E-state index contributed by atoms with van der Waals surface area (Å²) in [7, 11) is 0. The van der Waals surface area contributed by atoms with Crippen LogP contribution in [0.2, 0.25) is 5.02 Å². The number of benzene rings is 1. The molecule has 1 N–H and O–H groups in total. The minimum atomic E-state index is -0.203. The first-order valence-corrected chi connectivity index (χ1v) is 8.43. The molecule has 2 nitrogen and oxygen atoms in total. The second-order valence-corrected chi connectivity index (χ2v) is 8.58. The van der Waals surface area contributed by atoms with Crippen LogP contribution in [0.4, 0.5) is 0 Å². The van der Waals surface area contributed by atoms with E-state index >= 15 is 0 Å². The summed E-state index contributed by atoms with van der Waals surface area (Å²) in [4.78, 5) is 1.04. The number of thioether (sulfide) groups is 1. The molecule has 2 aromatic rings. The molecule has 0 radical (unpaired) electrons. The Morgan fingerprint density at radius 3 is 2.58 bits per heavy atom. The van der Waals surface area contributed by atoms with Gasteiger partial charge in [-0.05, 0) is 47.1 Å². The maximum Gasteiger partial charge on any atom is 0.137 e. The fourth-order valence-electron chi connectivity index (χ4n) is 1.79. The van der Waals surface area contributed by atoms with Crippen LogP contribution in [0.15, 0.2) is 45.3 Å². The molecule has 0 fully saturated rings. The van der Waals surface area contributed by atoms with Gasteiger partial charge in [0, 0.05) is 15.5 Å². The summed E-state index contributed by atoms with van der Waals surface area (Å²) in [5.74, 6) is 0. The van der Waals surface area contributed by atoms with E-state index in [-0.39, 0.29) is 4.87 Å². The summed E-state index contributed by atoms with van der Waals surface area (Å²) < 4.78 is 1.13. The van der Waals surface area contributed by atoms with Gasteiger partial charge >= 0.3 is 0 Å². The molecule has 0 bridgehead atoms. The molecule has 1 atom stereocenters. The van der Waals surface area contributed by atoms with E-state index in [4.69, 9.17) is 11.6 Å². The van der Waals surface area contributed by atoms with Gasteiger partial charge in [-0.3, -0.25) is 5.43 Å². The van der Waals surface area contributed by atoms with Crippen molar-refractivity contribution >= 4 is 55.7 Å². The highest BCUT2D eigenvalue weighted by Gasteiger charge is 2.35. The largest absolute Gasteiger partial charge is 0.287 e. The zero-order valence-corrected chi connectivity index (χ0v) is 14.0. The number of hydrogen-bond donors (Lipinski definition) is 1. The Hall–Kier alpha value is -0.490. The normalized spacial score (nSPS) is 22.2. The van der Waals surface area contributed by atoms with E-state index in [2.05, 4.69) is 45.5 Å². The van der Waals surface area contributed by atoms with E-state index in [9.17, 15) is 0 Å². The van der Waals surface area contributed by atoms with E-state index in [1.54, 1.807) is 23.1 Å². The Morgan fingerprint density at radius 2 is 1.95 bits per heavy atom. The maximum absolute atomic E-state index is 5.91. The van der Waals surface area contributed by atoms with Gasteiger partial charge in [0.1, 0.15) is 9.91 Å². The van der Waals surface area contributed by atoms with Crippen molar-refractivity contribution in [3.63, 3.8) is 0 Å². The number of rotatable bonds is 2. The lowest BCUT2D eigenvalue weighted by Crippen LogP contribution is -2.27. The van der Waals surface area contributed by atoms with E-state index in [1.807, 2.05) is 24.3 Å². The fourth-order valence-corrected chi connectivity index (χ4v) is 4.53. The van der Waals surface area contributed by atoms with E-state index in [0.717, 1.165) is 19.4 Å². The first-order chi connectivity index (χ1) is 9.07. The van der Waals surface area contributed by atoms with Crippen LogP contribution in [-0.4, -0.2) is 5.04 Å². The summed E-state index contributed by atoms with van der Waals surface area (Å²) in [6.07, 6.45) is 0. The van der Waals surface area contributed by atoms with Crippen molar-refractivity contribution < 1.29 is 0 Å². The molecule has 19 heavy (non-hydrogen) atoms. The lowest BCUT2D eigenvalue weighted by atomic mass is 10.2. The molecule has 1 aliphatic rings. The van der Waals surface area contributed by atoms with Gasteiger partial charge in [0.15, 0.2) is 0 Å². The number of thiophene rings is 1. The van der Waals surface area contributed by atoms with Crippen molar-refractivity contribution in [3.8, 4) is 0 Å². The molecule has 1 aromatic heterocycles. The van der Waals surface area contributed by atoms with Gasteiger partial charge in [-0.25, -0.2) is 0 Å². The van der Waals surface area contributed by atoms with Gasteiger partial charge in [0.25, 0.3) is 0 Å². The van der Waals surface area contributed by atoms with Crippen molar-refractivity contribution in [2.45, 2.75) is 11.8 Å².